The van der Waals surface area contributed by atoms with Crippen molar-refractivity contribution in [3.05, 3.63) is 29.8 Å². The van der Waals surface area contributed by atoms with Crippen molar-refractivity contribution in [2.24, 2.45) is 5.41 Å². The molecule has 0 amide bonds. The van der Waals surface area contributed by atoms with Crippen LogP contribution in [0.5, 0.6) is 5.75 Å². The van der Waals surface area contributed by atoms with Crippen molar-refractivity contribution in [3.8, 4) is 5.75 Å². The van der Waals surface area contributed by atoms with E-state index in [2.05, 4.69) is 71.1 Å². The van der Waals surface area contributed by atoms with Crippen molar-refractivity contribution < 1.29 is 4.74 Å². The van der Waals surface area contributed by atoms with Gasteiger partial charge < -0.3 is 10.1 Å². The minimum Gasteiger partial charge on any atom is -0.490 e. The molecule has 1 aliphatic carbocycles. The third-order valence-electron chi connectivity index (χ3n) is 4.10. The molecule has 22 heavy (non-hydrogen) atoms. The summed E-state index contributed by atoms with van der Waals surface area (Å²) in [5.41, 5.74) is 1.97. The summed E-state index contributed by atoms with van der Waals surface area (Å²) >= 11 is 0. The average Bonchev–Trinajstić information content (AvgIpc) is 2.32. The molecule has 2 nitrogen and oxygen atoms in total. The molecule has 0 spiro atoms. The Balaban J connectivity index is 1.80. The Morgan fingerprint density at radius 3 is 2.36 bits per heavy atom. The van der Waals surface area contributed by atoms with E-state index in [-0.39, 0.29) is 5.54 Å². The molecule has 0 aromatic heterocycles. The number of rotatable bonds is 5. The summed E-state index contributed by atoms with van der Waals surface area (Å²) in [7, 11) is 0. The molecule has 1 aromatic rings. The Labute approximate surface area is 136 Å². The molecule has 1 saturated carbocycles. The molecule has 1 fully saturated rings. The number of benzene rings is 1. The maximum atomic E-state index is 6.13. The molecule has 124 valence electrons. The van der Waals surface area contributed by atoms with E-state index in [1.165, 1.54) is 12.0 Å². The van der Waals surface area contributed by atoms with Crippen LogP contribution in [0, 0.1) is 5.41 Å². The van der Waals surface area contributed by atoms with Crippen LogP contribution in [0.1, 0.15) is 66.4 Å². The molecule has 0 bridgehead atoms. The summed E-state index contributed by atoms with van der Waals surface area (Å²) in [5, 5.41) is 3.64. The molecular weight excluding hydrogens is 270 g/mol. The maximum Gasteiger partial charge on any atom is 0.119 e. The van der Waals surface area contributed by atoms with Crippen molar-refractivity contribution >= 4 is 0 Å². The van der Waals surface area contributed by atoms with Crippen LogP contribution in [0.25, 0.3) is 0 Å². The third kappa shape index (κ3) is 6.00. The fraction of sp³-hybridized carbons (Fsp3) is 0.700. The lowest BCUT2D eigenvalue weighted by atomic mass is 9.87. The van der Waals surface area contributed by atoms with Crippen LogP contribution in [-0.4, -0.2) is 17.7 Å². The third-order valence-corrected chi connectivity index (χ3v) is 4.10. The van der Waals surface area contributed by atoms with Crippen LogP contribution in [0.2, 0.25) is 0 Å². The predicted octanol–water partition coefficient (Wildman–Crippen LogP) is 4.96. The quantitative estimate of drug-likeness (QED) is 0.830. The van der Waals surface area contributed by atoms with Crippen LogP contribution in [0.15, 0.2) is 24.3 Å². The van der Waals surface area contributed by atoms with Gasteiger partial charge in [0, 0.05) is 11.6 Å². The van der Waals surface area contributed by atoms with Crippen molar-refractivity contribution in [1.82, 2.24) is 5.32 Å². The Kier molecular flexibility index (Phi) is 5.21. The fourth-order valence-corrected chi connectivity index (χ4v) is 2.88. The minimum atomic E-state index is 0.197. The molecular formula is C20H33NO. The van der Waals surface area contributed by atoms with E-state index in [4.69, 9.17) is 4.74 Å². The highest BCUT2D eigenvalue weighted by molar-refractivity contribution is 5.29. The summed E-state index contributed by atoms with van der Waals surface area (Å²) in [6.45, 7) is 13.6. The molecule has 1 aliphatic rings. The lowest BCUT2D eigenvalue weighted by Gasteiger charge is -2.40. The van der Waals surface area contributed by atoms with Crippen molar-refractivity contribution in [1.29, 1.82) is 0 Å². The topological polar surface area (TPSA) is 21.3 Å². The van der Waals surface area contributed by atoms with Crippen molar-refractivity contribution in [2.45, 2.75) is 84.9 Å². The van der Waals surface area contributed by atoms with Crippen LogP contribution >= 0.6 is 0 Å². The van der Waals surface area contributed by atoms with Gasteiger partial charge in [-0.25, -0.2) is 0 Å². The van der Waals surface area contributed by atoms with Gasteiger partial charge in [0.15, 0.2) is 0 Å². The molecule has 0 heterocycles. The number of aryl methyl sites for hydroxylation is 1. The first-order chi connectivity index (χ1) is 10.1. The largest absolute Gasteiger partial charge is 0.490 e. The van der Waals surface area contributed by atoms with Crippen LogP contribution in [0.4, 0.5) is 0 Å². The van der Waals surface area contributed by atoms with Gasteiger partial charge in [0.1, 0.15) is 11.9 Å². The van der Waals surface area contributed by atoms with Gasteiger partial charge in [-0.05, 0) is 69.6 Å². The van der Waals surface area contributed by atoms with Gasteiger partial charge in [0.25, 0.3) is 0 Å². The van der Waals surface area contributed by atoms with E-state index in [0.29, 0.717) is 17.6 Å². The van der Waals surface area contributed by atoms with Crippen LogP contribution in [-0.2, 0) is 6.42 Å². The average molecular weight is 303 g/mol. The Morgan fingerprint density at radius 2 is 1.77 bits per heavy atom. The maximum absolute atomic E-state index is 6.13. The molecule has 2 heteroatoms. The lowest BCUT2D eigenvalue weighted by molar-refractivity contribution is 0.0733. The standard InChI is InChI=1S/C20H33NO/c1-19(2,3)11-10-15-8-7-9-17(12-15)22-18-13-16(14-18)21-20(4,5)6/h7-9,12,16,18,21H,10-11,13-14H2,1-6H3/t16-,18+. The van der Waals surface area contributed by atoms with Gasteiger partial charge in [0.2, 0.25) is 0 Å². The molecule has 1 aromatic carbocycles. The minimum absolute atomic E-state index is 0.197. The molecule has 2 rings (SSSR count). The fourth-order valence-electron chi connectivity index (χ4n) is 2.88. The van der Waals surface area contributed by atoms with E-state index in [9.17, 15) is 0 Å². The second kappa shape index (κ2) is 6.62. The Hall–Kier alpha value is -1.02. The van der Waals surface area contributed by atoms with Crippen molar-refractivity contribution in [2.75, 3.05) is 0 Å². The molecule has 0 saturated heterocycles. The Bertz CT molecular complexity index is 475. The SMILES string of the molecule is CC(C)(C)CCc1cccc(O[C@H]2C[C@@H](NC(C)(C)C)C2)c1. The van der Waals surface area contributed by atoms with E-state index < -0.39 is 0 Å². The summed E-state index contributed by atoms with van der Waals surface area (Å²) in [4.78, 5) is 0. The number of hydrogen-bond acceptors (Lipinski definition) is 2. The predicted molar refractivity (Wildman–Crippen MR) is 94.5 cm³/mol. The first-order valence-electron chi connectivity index (χ1n) is 8.64. The summed E-state index contributed by atoms with van der Waals surface area (Å²) in [6.07, 6.45) is 4.93. The van der Waals surface area contributed by atoms with E-state index in [1.807, 2.05) is 0 Å². The van der Waals surface area contributed by atoms with Gasteiger partial charge in [-0.2, -0.15) is 0 Å². The smallest absolute Gasteiger partial charge is 0.119 e. The van der Waals surface area contributed by atoms with E-state index in [1.54, 1.807) is 0 Å². The van der Waals surface area contributed by atoms with Gasteiger partial charge >= 0.3 is 0 Å². The van der Waals surface area contributed by atoms with Gasteiger partial charge in [-0.15, -0.1) is 0 Å². The zero-order chi connectivity index (χ0) is 16.4. The number of hydrogen-bond donors (Lipinski definition) is 1. The van der Waals surface area contributed by atoms with E-state index >= 15 is 0 Å². The summed E-state index contributed by atoms with van der Waals surface area (Å²) in [6, 6.07) is 9.25. The van der Waals surface area contributed by atoms with Gasteiger partial charge in [0.05, 0.1) is 0 Å². The van der Waals surface area contributed by atoms with Crippen LogP contribution < -0.4 is 10.1 Å². The van der Waals surface area contributed by atoms with E-state index in [0.717, 1.165) is 25.0 Å². The summed E-state index contributed by atoms with van der Waals surface area (Å²) < 4.78 is 6.13. The number of nitrogens with one attached hydrogen (secondary N) is 1. The molecule has 0 atom stereocenters. The van der Waals surface area contributed by atoms with Gasteiger partial charge in [-0.1, -0.05) is 32.9 Å². The molecule has 0 aliphatic heterocycles. The Morgan fingerprint density at radius 1 is 1.09 bits per heavy atom. The zero-order valence-corrected chi connectivity index (χ0v) is 15.2. The zero-order valence-electron chi connectivity index (χ0n) is 15.2. The summed E-state index contributed by atoms with van der Waals surface area (Å²) in [5.74, 6) is 1.03. The highest BCUT2D eigenvalue weighted by atomic mass is 16.5. The molecule has 0 radical (unpaired) electrons. The first kappa shape index (κ1) is 17.3. The van der Waals surface area contributed by atoms with Crippen molar-refractivity contribution in [3.63, 3.8) is 0 Å². The molecule has 1 N–H and O–H groups in total. The second-order valence-electron chi connectivity index (χ2n) is 9.01. The second-order valence-corrected chi connectivity index (χ2v) is 9.01. The highest BCUT2D eigenvalue weighted by Crippen LogP contribution is 2.28. The number of ether oxygens (including phenoxy) is 1. The first-order valence-corrected chi connectivity index (χ1v) is 8.64. The lowest BCUT2D eigenvalue weighted by Crippen LogP contribution is -2.53. The van der Waals surface area contributed by atoms with Gasteiger partial charge in [-0.3, -0.25) is 0 Å². The highest BCUT2D eigenvalue weighted by Gasteiger charge is 2.33. The van der Waals surface area contributed by atoms with Crippen LogP contribution in [0.3, 0.4) is 0 Å². The molecule has 0 unspecified atom stereocenters. The normalized spacial score (nSPS) is 22.3. The monoisotopic (exact) mass is 303 g/mol.